The summed E-state index contributed by atoms with van der Waals surface area (Å²) in [6.07, 6.45) is 2.28. The van der Waals surface area contributed by atoms with Crippen molar-refractivity contribution in [2.75, 3.05) is 0 Å². The molecule has 0 unspecified atom stereocenters. The van der Waals surface area contributed by atoms with Gasteiger partial charge in [-0.05, 0) is 25.0 Å². The number of halogens is 2. The van der Waals surface area contributed by atoms with Gasteiger partial charge in [-0.25, -0.2) is 8.78 Å². The largest absolute Gasteiger partial charge is 0.207 e. The highest BCUT2D eigenvalue weighted by Crippen LogP contribution is 2.14. The first-order valence-electron chi connectivity index (χ1n) is 5.18. The third-order valence-electron chi connectivity index (χ3n) is 1.84. The Morgan fingerprint density at radius 3 is 2.00 bits per heavy atom. The second-order valence-electron chi connectivity index (χ2n) is 2.80. The van der Waals surface area contributed by atoms with Gasteiger partial charge in [-0.2, -0.15) is 0 Å². The van der Waals surface area contributed by atoms with E-state index >= 15 is 0 Å². The van der Waals surface area contributed by atoms with Gasteiger partial charge in [-0.15, -0.1) is 0 Å². The summed E-state index contributed by atoms with van der Waals surface area (Å²) >= 11 is 0. The van der Waals surface area contributed by atoms with Crippen LogP contribution >= 0.6 is 0 Å². The highest BCUT2D eigenvalue weighted by Gasteiger charge is 2.06. The van der Waals surface area contributed by atoms with E-state index in [0.717, 1.165) is 12.8 Å². The zero-order valence-corrected chi connectivity index (χ0v) is 9.11. The molecule has 0 spiro atoms. The average molecular weight is 200 g/mol. The van der Waals surface area contributed by atoms with Gasteiger partial charge in [-0.3, -0.25) is 0 Å². The van der Waals surface area contributed by atoms with Crippen LogP contribution in [0.2, 0.25) is 0 Å². The van der Waals surface area contributed by atoms with Gasteiger partial charge in [0.15, 0.2) is 0 Å². The first-order valence-corrected chi connectivity index (χ1v) is 5.18. The van der Waals surface area contributed by atoms with E-state index in [4.69, 9.17) is 0 Å². The van der Waals surface area contributed by atoms with E-state index in [-0.39, 0.29) is 5.56 Å². The second-order valence-corrected chi connectivity index (χ2v) is 2.80. The number of hydrogen-bond donors (Lipinski definition) is 0. The number of rotatable bonds is 3. The minimum absolute atomic E-state index is 0.222. The molecular formula is C12H18F2. The van der Waals surface area contributed by atoms with Crippen molar-refractivity contribution in [3.8, 4) is 0 Å². The molecule has 14 heavy (non-hydrogen) atoms. The van der Waals surface area contributed by atoms with Crippen molar-refractivity contribution >= 4 is 0 Å². The molecule has 0 aliphatic heterocycles. The van der Waals surface area contributed by atoms with Crippen molar-refractivity contribution in [1.29, 1.82) is 0 Å². The first-order chi connectivity index (χ1) is 6.75. The third-order valence-corrected chi connectivity index (χ3v) is 1.84. The average Bonchev–Trinajstić information content (AvgIpc) is 2.20. The van der Waals surface area contributed by atoms with Crippen LogP contribution in [0.1, 0.15) is 39.2 Å². The maximum atomic E-state index is 12.9. The third kappa shape index (κ3) is 3.86. The van der Waals surface area contributed by atoms with E-state index in [2.05, 4.69) is 0 Å². The summed E-state index contributed by atoms with van der Waals surface area (Å²) in [4.78, 5) is 0. The van der Waals surface area contributed by atoms with E-state index in [9.17, 15) is 8.78 Å². The molecule has 0 fully saturated rings. The first kappa shape index (κ1) is 13.1. The van der Waals surface area contributed by atoms with Crippen LogP contribution < -0.4 is 0 Å². The quantitative estimate of drug-likeness (QED) is 0.681. The van der Waals surface area contributed by atoms with Gasteiger partial charge < -0.3 is 0 Å². The van der Waals surface area contributed by atoms with Crippen LogP contribution in [0.4, 0.5) is 8.78 Å². The van der Waals surface area contributed by atoms with Gasteiger partial charge in [0.05, 0.1) is 0 Å². The molecule has 0 aromatic heterocycles. The molecule has 0 nitrogen and oxygen atoms in total. The Morgan fingerprint density at radius 2 is 1.57 bits per heavy atom. The molecule has 0 heterocycles. The lowest BCUT2D eigenvalue weighted by molar-refractivity contribution is 0.549. The molecule has 1 aromatic rings. The summed E-state index contributed by atoms with van der Waals surface area (Å²) in [6, 6.07) is 3.99. The Balaban J connectivity index is 0.000000791. The van der Waals surface area contributed by atoms with Crippen molar-refractivity contribution in [2.45, 2.75) is 40.0 Å². The van der Waals surface area contributed by atoms with Crippen LogP contribution in [-0.2, 0) is 6.42 Å². The predicted octanol–water partition coefficient (Wildman–Crippen LogP) is 4.33. The van der Waals surface area contributed by atoms with Crippen molar-refractivity contribution in [1.82, 2.24) is 0 Å². The molecule has 0 saturated heterocycles. The second kappa shape index (κ2) is 7.48. The standard InChI is InChI=1S/C10H12F2.C2H6/c1-2-3-5-8-9(11)6-4-7-10(8)12;1-2/h4,6-7H,2-3,5H2,1H3;1-2H3. The van der Waals surface area contributed by atoms with E-state index in [1.54, 1.807) is 0 Å². The Morgan fingerprint density at radius 1 is 1.07 bits per heavy atom. The zero-order chi connectivity index (χ0) is 11.0. The maximum absolute atomic E-state index is 12.9. The SMILES string of the molecule is CC.CCCCc1c(F)cccc1F. The Kier molecular flexibility index (Phi) is 6.99. The molecule has 0 aliphatic carbocycles. The smallest absolute Gasteiger partial charge is 0.129 e. The number of unbranched alkanes of at least 4 members (excludes halogenated alkanes) is 1. The molecule has 1 rings (SSSR count). The lowest BCUT2D eigenvalue weighted by Gasteiger charge is -2.02. The minimum atomic E-state index is -0.427. The molecule has 0 bridgehead atoms. The highest BCUT2D eigenvalue weighted by atomic mass is 19.1. The number of benzene rings is 1. The van der Waals surface area contributed by atoms with Gasteiger partial charge in [0.25, 0.3) is 0 Å². The molecule has 0 aliphatic rings. The Hall–Kier alpha value is -0.920. The minimum Gasteiger partial charge on any atom is -0.207 e. The fraction of sp³-hybridized carbons (Fsp3) is 0.500. The van der Waals surface area contributed by atoms with Gasteiger partial charge in [0, 0.05) is 5.56 Å². The predicted molar refractivity (Wildman–Crippen MR) is 56.3 cm³/mol. The Labute approximate surface area is 85.0 Å². The van der Waals surface area contributed by atoms with E-state index in [0.29, 0.717) is 6.42 Å². The summed E-state index contributed by atoms with van der Waals surface area (Å²) in [5.74, 6) is -0.855. The summed E-state index contributed by atoms with van der Waals surface area (Å²) in [5, 5.41) is 0. The maximum Gasteiger partial charge on any atom is 0.129 e. The molecule has 0 atom stereocenters. The summed E-state index contributed by atoms with van der Waals surface area (Å²) < 4.78 is 25.9. The molecular weight excluding hydrogens is 182 g/mol. The van der Waals surface area contributed by atoms with Crippen molar-refractivity contribution < 1.29 is 8.78 Å². The lowest BCUT2D eigenvalue weighted by Crippen LogP contribution is -1.94. The molecule has 2 heteroatoms. The van der Waals surface area contributed by atoms with Gasteiger partial charge in [0.1, 0.15) is 11.6 Å². The van der Waals surface area contributed by atoms with Crippen molar-refractivity contribution in [3.05, 3.63) is 35.4 Å². The van der Waals surface area contributed by atoms with Crippen LogP contribution in [0, 0.1) is 11.6 Å². The normalized spacial score (nSPS) is 9.21. The summed E-state index contributed by atoms with van der Waals surface area (Å²) in [6.45, 7) is 6.00. The topological polar surface area (TPSA) is 0 Å². The molecule has 1 aromatic carbocycles. The van der Waals surface area contributed by atoms with E-state index in [1.165, 1.54) is 18.2 Å². The van der Waals surface area contributed by atoms with Crippen LogP contribution in [0.3, 0.4) is 0 Å². The molecule has 0 radical (unpaired) electrons. The highest BCUT2D eigenvalue weighted by molar-refractivity contribution is 5.19. The van der Waals surface area contributed by atoms with Gasteiger partial charge in [0.2, 0.25) is 0 Å². The zero-order valence-electron chi connectivity index (χ0n) is 9.11. The monoisotopic (exact) mass is 200 g/mol. The Bertz CT molecular complexity index is 236. The molecule has 0 amide bonds. The summed E-state index contributed by atoms with van der Waals surface area (Å²) in [5.41, 5.74) is 0.222. The summed E-state index contributed by atoms with van der Waals surface area (Å²) in [7, 11) is 0. The molecule has 0 saturated carbocycles. The molecule has 0 N–H and O–H groups in total. The molecule has 80 valence electrons. The van der Waals surface area contributed by atoms with E-state index < -0.39 is 11.6 Å². The van der Waals surface area contributed by atoms with Gasteiger partial charge in [-0.1, -0.05) is 33.3 Å². The van der Waals surface area contributed by atoms with Crippen molar-refractivity contribution in [3.63, 3.8) is 0 Å². The van der Waals surface area contributed by atoms with Crippen LogP contribution in [-0.4, -0.2) is 0 Å². The van der Waals surface area contributed by atoms with E-state index in [1.807, 2.05) is 20.8 Å². The number of hydrogen-bond acceptors (Lipinski definition) is 0. The fourth-order valence-corrected chi connectivity index (χ4v) is 1.12. The van der Waals surface area contributed by atoms with Crippen LogP contribution in [0.15, 0.2) is 18.2 Å². The fourth-order valence-electron chi connectivity index (χ4n) is 1.12. The van der Waals surface area contributed by atoms with Crippen LogP contribution in [0.25, 0.3) is 0 Å². The van der Waals surface area contributed by atoms with Crippen LogP contribution in [0.5, 0.6) is 0 Å². The van der Waals surface area contributed by atoms with Gasteiger partial charge >= 0.3 is 0 Å². The van der Waals surface area contributed by atoms with Crippen molar-refractivity contribution in [2.24, 2.45) is 0 Å². The lowest BCUT2D eigenvalue weighted by atomic mass is 10.1.